The quantitative estimate of drug-likeness (QED) is 0.285. The smallest absolute Gasteiger partial charge is 0.387 e. The summed E-state index contributed by atoms with van der Waals surface area (Å²) in [5.41, 5.74) is 3.35. The summed E-state index contributed by atoms with van der Waals surface area (Å²) in [7, 11) is 0. The number of amides is 1. The fourth-order valence-electron chi connectivity index (χ4n) is 3.48. The number of anilines is 1. The van der Waals surface area contributed by atoms with Crippen molar-refractivity contribution < 1.29 is 18.3 Å². The number of ether oxygens (including phenoxy) is 1. The molecule has 1 amide bonds. The van der Waals surface area contributed by atoms with Crippen LogP contribution in [0.15, 0.2) is 76.7 Å². The average molecular weight is 482 g/mol. The van der Waals surface area contributed by atoms with Crippen LogP contribution in [-0.4, -0.2) is 27.8 Å². The molecule has 0 saturated heterocycles. The van der Waals surface area contributed by atoms with Gasteiger partial charge in [-0.1, -0.05) is 41.6 Å². The zero-order valence-electron chi connectivity index (χ0n) is 18.4. The maximum Gasteiger partial charge on any atom is 0.387 e. The van der Waals surface area contributed by atoms with Crippen LogP contribution in [0.25, 0.3) is 16.6 Å². The summed E-state index contributed by atoms with van der Waals surface area (Å²) < 4.78 is 30.7. The number of halogens is 2. The number of benzene rings is 3. The Morgan fingerprint density at radius 1 is 1.09 bits per heavy atom. The molecule has 0 bridgehead atoms. The summed E-state index contributed by atoms with van der Waals surface area (Å²) in [6.07, 6.45) is 0. The third-order valence-corrected chi connectivity index (χ3v) is 5.99. The number of rotatable bonds is 7. The van der Waals surface area contributed by atoms with Crippen LogP contribution < -0.4 is 15.6 Å². The van der Waals surface area contributed by atoms with Crippen molar-refractivity contribution in [3.8, 4) is 11.4 Å². The number of hydrogen-bond donors (Lipinski definition) is 1. The van der Waals surface area contributed by atoms with Crippen molar-refractivity contribution in [2.24, 2.45) is 0 Å². The highest BCUT2D eigenvalue weighted by molar-refractivity contribution is 7.99. The molecule has 0 spiro atoms. The zero-order valence-corrected chi connectivity index (χ0v) is 19.2. The van der Waals surface area contributed by atoms with Gasteiger partial charge in [0.2, 0.25) is 5.91 Å². The third kappa shape index (κ3) is 5.26. The van der Waals surface area contributed by atoms with Gasteiger partial charge in [0, 0.05) is 5.69 Å². The largest absolute Gasteiger partial charge is 0.435 e. The van der Waals surface area contributed by atoms with Gasteiger partial charge in [-0.15, -0.1) is 0 Å². The molecule has 0 atom stereocenters. The van der Waals surface area contributed by atoms with E-state index < -0.39 is 6.61 Å². The Bertz CT molecular complexity index is 1410. The molecule has 1 aromatic heterocycles. The SMILES string of the molecule is Cc1ccc(NC(=O)CSc2nc3ccccc3c(=O)n2-c2ccc(OC(F)F)cc2)c(C)c1. The number of alkyl halides is 2. The molecule has 0 aliphatic heterocycles. The summed E-state index contributed by atoms with van der Waals surface area (Å²) in [5.74, 6) is -0.251. The number of para-hydroxylation sites is 1. The second kappa shape index (κ2) is 10.0. The summed E-state index contributed by atoms with van der Waals surface area (Å²) in [5, 5.41) is 3.59. The van der Waals surface area contributed by atoms with Crippen molar-refractivity contribution in [2.75, 3.05) is 11.1 Å². The Balaban J connectivity index is 1.64. The van der Waals surface area contributed by atoms with Gasteiger partial charge in [0.1, 0.15) is 5.75 Å². The highest BCUT2D eigenvalue weighted by atomic mass is 32.2. The topological polar surface area (TPSA) is 73.2 Å². The molecule has 1 heterocycles. The van der Waals surface area contributed by atoms with Crippen LogP contribution in [0.1, 0.15) is 11.1 Å². The molecule has 0 aliphatic rings. The lowest BCUT2D eigenvalue weighted by Gasteiger charge is -2.14. The van der Waals surface area contributed by atoms with Crippen LogP contribution in [0.3, 0.4) is 0 Å². The summed E-state index contributed by atoms with van der Waals surface area (Å²) in [6.45, 7) is 0.947. The van der Waals surface area contributed by atoms with Gasteiger partial charge in [-0.25, -0.2) is 4.98 Å². The van der Waals surface area contributed by atoms with Crippen molar-refractivity contribution in [2.45, 2.75) is 25.6 Å². The second-order valence-corrected chi connectivity index (χ2v) is 8.52. The number of thioether (sulfide) groups is 1. The molecule has 1 N–H and O–H groups in total. The number of hydrogen-bond acceptors (Lipinski definition) is 5. The number of carbonyl (C=O) groups is 1. The maximum absolute atomic E-state index is 13.3. The van der Waals surface area contributed by atoms with Crippen molar-refractivity contribution in [1.29, 1.82) is 0 Å². The van der Waals surface area contributed by atoms with Gasteiger partial charge in [-0.2, -0.15) is 8.78 Å². The van der Waals surface area contributed by atoms with E-state index in [0.29, 0.717) is 21.7 Å². The molecule has 3 aromatic carbocycles. The van der Waals surface area contributed by atoms with E-state index in [9.17, 15) is 18.4 Å². The highest BCUT2D eigenvalue weighted by Crippen LogP contribution is 2.24. The van der Waals surface area contributed by atoms with Gasteiger partial charge < -0.3 is 10.1 Å². The number of nitrogens with zero attached hydrogens (tertiary/aromatic N) is 2. The van der Waals surface area contributed by atoms with E-state index in [0.717, 1.165) is 28.6 Å². The van der Waals surface area contributed by atoms with E-state index in [4.69, 9.17) is 0 Å². The number of nitrogens with one attached hydrogen (secondary N) is 1. The molecule has 174 valence electrons. The molecule has 6 nitrogen and oxygen atoms in total. The predicted molar refractivity (Wildman–Crippen MR) is 129 cm³/mol. The molecule has 0 fully saturated rings. The van der Waals surface area contributed by atoms with Crippen molar-refractivity contribution in [3.63, 3.8) is 0 Å². The molecule has 0 saturated carbocycles. The van der Waals surface area contributed by atoms with Crippen LogP contribution in [0.5, 0.6) is 5.75 Å². The van der Waals surface area contributed by atoms with Gasteiger partial charge in [0.05, 0.1) is 22.3 Å². The van der Waals surface area contributed by atoms with Crippen LogP contribution in [0, 0.1) is 13.8 Å². The molecule has 0 radical (unpaired) electrons. The summed E-state index contributed by atoms with van der Waals surface area (Å²) in [6, 6.07) is 18.3. The number of carbonyl (C=O) groups excluding carboxylic acids is 1. The zero-order chi connectivity index (χ0) is 24.2. The molecular formula is C25H21F2N3O3S. The van der Waals surface area contributed by atoms with Gasteiger partial charge in [-0.05, 0) is 61.9 Å². The minimum Gasteiger partial charge on any atom is -0.435 e. The Morgan fingerprint density at radius 3 is 2.53 bits per heavy atom. The first-order chi connectivity index (χ1) is 16.3. The minimum atomic E-state index is -2.95. The van der Waals surface area contributed by atoms with E-state index in [1.165, 1.54) is 28.8 Å². The van der Waals surface area contributed by atoms with E-state index in [-0.39, 0.29) is 23.0 Å². The van der Waals surface area contributed by atoms with Gasteiger partial charge in [0.25, 0.3) is 5.56 Å². The lowest BCUT2D eigenvalue weighted by Crippen LogP contribution is -2.23. The molecule has 0 unspecified atom stereocenters. The molecule has 4 rings (SSSR count). The number of aryl methyl sites for hydroxylation is 2. The highest BCUT2D eigenvalue weighted by Gasteiger charge is 2.16. The van der Waals surface area contributed by atoms with Crippen LogP contribution in [-0.2, 0) is 4.79 Å². The first kappa shape index (κ1) is 23.4. The number of fused-ring (bicyclic) bond motifs is 1. The first-order valence-corrected chi connectivity index (χ1v) is 11.4. The van der Waals surface area contributed by atoms with Crippen LogP contribution >= 0.6 is 11.8 Å². The van der Waals surface area contributed by atoms with Crippen molar-refractivity contribution >= 4 is 34.3 Å². The molecule has 34 heavy (non-hydrogen) atoms. The van der Waals surface area contributed by atoms with Crippen LogP contribution in [0.4, 0.5) is 14.5 Å². The number of aromatic nitrogens is 2. The Morgan fingerprint density at radius 2 is 1.82 bits per heavy atom. The first-order valence-electron chi connectivity index (χ1n) is 10.4. The van der Waals surface area contributed by atoms with E-state index in [2.05, 4.69) is 15.0 Å². The van der Waals surface area contributed by atoms with Crippen molar-refractivity contribution in [3.05, 3.63) is 88.2 Å². The Labute approximate surface area is 198 Å². The monoisotopic (exact) mass is 481 g/mol. The fraction of sp³-hybridized carbons (Fsp3) is 0.160. The van der Waals surface area contributed by atoms with Crippen molar-refractivity contribution in [1.82, 2.24) is 9.55 Å². The summed E-state index contributed by atoms with van der Waals surface area (Å²) >= 11 is 1.11. The lowest BCUT2D eigenvalue weighted by molar-refractivity contribution is -0.113. The summed E-state index contributed by atoms with van der Waals surface area (Å²) in [4.78, 5) is 30.5. The second-order valence-electron chi connectivity index (χ2n) is 7.58. The molecule has 4 aromatic rings. The van der Waals surface area contributed by atoms with Gasteiger partial charge >= 0.3 is 6.61 Å². The van der Waals surface area contributed by atoms with Gasteiger partial charge in [-0.3, -0.25) is 14.2 Å². The normalized spacial score (nSPS) is 11.1. The van der Waals surface area contributed by atoms with Crippen LogP contribution in [0.2, 0.25) is 0 Å². The molecule has 9 heteroatoms. The van der Waals surface area contributed by atoms with E-state index >= 15 is 0 Å². The lowest BCUT2D eigenvalue weighted by atomic mass is 10.1. The molecule has 0 aliphatic carbocycles. The Hall–Kier alpha value is -3.72. The predicted octanol–water partition coefficient (Wildman–Crippen LogP) is 5.33. The maximum atomic E-state index is 13.3. The fourth-order valence-corrected chi connectivity index (χ4v) is 4.30. The van der Waals surface area contributed by atoms with Gasteiger partial charge in [0.15, 0.2) is 5.16 Å². The minimum absolute atomic E-state index is 0.0185. The standard InChI is InChI=1S/C25H21F2N3O3S/c1-15-7-12-20(16(2)13-15)28-22(31)14-34-25-29-21-6-4-3-5-19(21)23(32)30(25)17-8-10-18(11-9-17)33-24(26)27/h3-13,24H,14H2,1-2H3,(H,28,31). The van der Waals surface area contributed by atoms with E-state index in [1.54, 1.807) is 24.3 Å². The third-order valence-electron chi connectivity index (χ3n) is 5.05. The average Bonchev–Trinajstić information content (AvgIpc) is 2.80. The Kier molecular flexibility index (Phi) is 6.93. The van der Waals surface area contributed by atoms with E-state index in [1.807, 2.05) is 32.0 Å². The molecular weight excluding hydrogens is 460 g/mol.